The first-order valence-electron chi connectivity index (χ1n) is 5.56. The van der Waals surface area contributed by atoms with Gasteiger partial charge in [-0.1, -0.05) is 0 Å². The fourth-order valence-corrected chi connectivity index (χ4v) is 3.64. The van der Waals surface area contributed by atoms with E-state index in [0.29, 0.717) is 18.1 Å². The first-order valence-corrected chi connectivity index (χ1v) is 5.56. The van der Waals surface area contributed by atoms with E-state index in [2.05, 4.69) is 0 Å². The number of ether oxygens (including phenoxy) is 1. The minimum absolute atomic E-state index is 0.180. The smallest absolute Gasteiger partial charge is 0.0701 e. The van der Waals surface area contributed by atoms with Crippen LogP contribution in [-0.4, -0.2) is 24.4 Å². The highest BCUT2D eigenvalue weighted by Crippen LogP contribution is 2.78. The van der Waals surface area contributed by atoms with E-state index in [-0.39, 0.29) is 6.61 Å². The number of aliphatic hydroxyl groups is 1. The van der Waals surface area contributed by atoms with Crippen LogP contribution < -0.4 is 0 Å². The molecule has 74 valence electrons. The highest BCUT2D eigenvalue weighted by atomic mass is 16.5. The summed E-state index contributed by atoms with van der Waals surface area (Å²) in [5.74, 6) is 0. The number of hydrogen-bond donors (Lipinski definition) is 1. The summed E-state index contributed by atoms with van der Waals surface area (Å²) >= 11 is 0. The van der Waals surface area contributed by atoms with Crippen molar-refractivity contribution in [1.29, 1.82) is 0 Å². The second-order valence-electron chi connectivity index (χ2n) is 5.06. The largest absolute Gasteiger partial charge is 0.394 e. The molecule has 2 nitrogen and oxygen atoms in total. The molecule has 0 aromatic rings. The lowest BCUT2D eigenvalue weighted by atomic mass is 9.46. The fourth-order valence-electron chi connectivity index (χ4n) is 3.64. The zero-order valence-corrected chi connectivity index (χ0v) is 8.09. The first-order chi connectivity index (χ1) is 6.33. The third-order valence-electron chi connectivity index (χ3n) is 4.84. The average molecular weight is 182 g/mol. The summed E-state index contributed by atoms with van der Waals surface area (Å²) in [5.41, 5.74) is 1.31. The summed E-state index contributed by atoms with van der Waals surface area (Å²) in [7, 11) is 0. The maximum Gasteiger partial charge on any atom is 0.0701 e. The van der Waals surface area contributed by atoms with Crippen LogP contribution in [0.5, 0.6) is 0 Å². The Morgan fingerprint density at radius 2 is 1.92 bits per heavy atom. The molecule has 3 aliphatic rings. The molecule has 0 radical (unpaired) electrons. The molecular weight excluding hydrogens is 164 g/mol. The second kappa shape index (κ2) is 2.48. The van der Waals surface area contributed by atoms with E-state index in [1.165, 1.54) is 38.5 Å². The van der Waals surface area contributed by atoms with E-state index in [1.807, 2.05) is 0 Å². The summed E-state index contributed by atoms with van der Waals surface area (Å²) in [6, 6.07) is 0. The molecule has 0 aromatic heterocycles. The van der Waals surface area contributed by atoms with Gasteiger partial charge in [-0.2, -0.15) is 0 Å². The third kappa shape index (κ3) is 0.861. The fraction of sp³-hybridized carbons (Fsp3) is 1.00. The summed E-state index contributed by atoms with van der Waals surface area (Å²) in [4.78, 5) is 0. The van der Waals surface area contributed by atoms with Crippen LogP contribution in [-0.2, 0) is 4.74 Å². The van der Waals surface area contributed by atoms with Gasteiger partial charge in [0.2, 0.25) is 0 Å². The molecule has 3 fully saturated rings. The second-order valence-corrected chi connectivity index (χ2v) is 5.06. The molecule has 0 saturated heterocycles. The van der Waals surface area contributed by atoms with Crippen LogP contribution in [0.15, 0.2) is 0 Å². The molecule has 1 N–H and O–H groups in total. The summed E-state index contributed by atoms with van der Waals surface area (Å²) < 4.78 is 5.71. The summed E-state index contributed by atoms with van der Waals surface area (Å²) in [6.07, 6.45) is 8.87. The first kappa shape index (κ1) is 8.25. The van der Waals surface area contributed by atoms with Crippen LogP contribution in [0.4, 0.5) is 0 Å². The molecule has 3 saturated carbocycles. The van der Waals surface area contributed by atoms with Gasteiger partial charge in [0.1, 0.15) is 0 Å². The maximum atomic E-state index is 8.72. The Labute approximate surface area is 79.3 Å². The lowest BCUT2D eigenvalue weighted by Gasteiger charge is -2.62. The van der Waals surface area contributed by atoms with Crippen molar-refractivity contribution in [3.05, 3.63) is 0 Å². The summed E-state index contributed by atoms with van der Waals surface area (Å²) in [6.45, 7) is 0.724. The Morgan fingerprint density at radius 3 is 2.31 bits per heavy atom. The molecule has 0 aliphatic heterocycles. The number of aliphatic hydroxyl groups excluding tert-OH is 1. The van der Waals surface area contributed by atoms with Crippen LogP contribution >= 0.6 is 0 Å². The predicted molar refractivity (Wildman–Crippen MR) is 49.4 cm³/mol. The van der Waals surface area contributed by atoms with Gasteiger partial charge in [-0.05, 0) is 43.9 Å². The van der Waals surface area contributed by atoms with E-state index in [9.17, 15) is 0 Å². The van der Waals surface area contributed by atoms with Crippen molar-refractivity contribution in [3.8, 4) is 0 Å². The van der Waals surface area contributed by atoms with Gasteiger partial charge in [-0.3, -0.25) is 0 Å². The van der Waals surface area contributed by atoms with Gasteiger partial charge in [0, 0.05) is 5.41 Å². The monoisotopic (exact) mass is 182 g/mol. The molecule has 2 spiro atoms. The minimum atomic E-state index is 0.180. The standard InChI is InChI=1S/C11H18O2/c12-7-8-13-9-1-2-11(9)6-5-10(11)3-4-10/h9,12H,1-8H2/t9-,11+/m1/s1. The summed E-state index contributed by atoms with van der Waals surface area (Å²) in [5, 5.41) is 8.72. The topological polar surface area (TPSA) is 29.5 Å². The average Bonchev–Trinajstić information content (AvgIpc) is 2.82. The Hall–Kier alpha value is -0.0800. The molecule has 0 heterocycles. The molecule has 0 unspecified atom stereocenters. The molecule has 0 amide bonds. The van der Waals surface area contributed by atoms with Crippen molar-refractivity contribution in [1.82, 2.24) is 0 Å². The van der Waals surface area contributed by atoms with E-state index in [0.717, 1.165) is 5.41 Å². The Morgan fingerprint density at radius 1 is 1.15 bits per heavy atom. The number of rotatable bonds is 3. The highest BCUT2D eigenvalue weighted by molar-refractivity contribution is 5.21. The molecular formula is C11H18O2. The van der Waals surface area contributed by atoms with Crippen LogP contribution in [0.2, 0.25) is 0 Å². The van der Waals surface area contributed by atoms with Crippen LogP contribution in [0.1, 0.15) is 38.5 Å². The van der Waals surface area contributed by atoms with Crippen LogP contribution in [0.25, 0.3) is 0 Å². The zero-order valence-electron chi connectivity index (χ0n) is 8.09. The number of fused-ring (bicyclic) bond motifs is 1. The lowest BCUT2D eigenvalue weighted by Crippen LogP contribution is -2.58. The van der Waals surface area contributed by atoms with Gasteiger partial charge < -0.3 is 9.84 Å². The van der Waals surface area contributed by atoms with Crippen molar-refractivity contribution < 1.29 is 9.84 Å². The van der Waals surface area contributed by atoms with Gasteiger partial charge in [0.05, 0.1) is 19.3 Å². The van der Waals surface area contributed by atoms with Crippen molar-refractivity contribution in [3.63, 3.8) is 0 Å². The molecule has 13 heavy (non-hydrogen) atoms. The minimum Gasteiger partial charge on any atom is -0.394 e. The Balaban J connectivity index is 1.65. The van der Waals surface area contributed by atoms with Gasteiger partial charge in [0.25, 0.3) is 0 Å². The SMILES string of the molecule is OCCO[C@@H]1CC[C@]12CCC21CC1. The van der Waals surface area contributed by atoms with Crippen molar-refractivity contribution in [2.45, 2.75) is 44.6 Å². The zero-order chi connectivity index (χ0) is 8.94. The molecule has 2 heteroatoms. The van der Waals surface area contributed by atoms with Crippen molar-refractivity contribution in [2.24, 2.45) is 10.8 Å². The number of hydrogen-bond acceptors (Lipinski definition) is 2. The van der Waals surface area contributed by atoms with E-state index in [4.69, 9.17) is 9.84 Å². The van der Waals surface area contributed by atoms with Gasteiger partial charge in [-0.25, -0.2) is 0 Å². The normalized spacial score (nSPS) is 44.5. The van der Waals surface area contributed by atoms with E-state index >= 15 is 0 Å². The molecule has 3 rings (SSSR count). The molecule has 3 aliphatic carbocycles. The van der Waals surface area contributed by atoms with E-state index < -0.39 is 0 Å². The maximum absolute atomic E-state index is 8.72. The molecule has 0 aromatic carbocycles. The van der Waals surface area contributed by atoms with Crippen molar-refractivity contribution in [2.75, 3.05) is 13.2 Å². The van der Waals surface area contributed by atoms with Gasteiger partial charge in [-0.15, -0.1) is 0 Å². The van der Waals surface area contributed by atoms with E-state index in [1.54, 1.807) is 0 Å². The van der Waals surface area contributed by atoms with Gasteiger partial charge in [0.15, 0.2) is 0 Å². The lowest BCUT2D eigenvalue weighted by molar-refractivity contribution is -0.202. The Bertz CT molecular complexity index is 218. The predicted octanol–water partition coefficient (Wildman–Crippen LogP) is 1.72. The Kier molecular flexibility index (Phi) is 1.58. The van der Waals surface area contributed by atoms with Crippen molar-refractivity contribution >= 4 is 0 Å². The quantitative estimate of drug-likeness (QED) is 0.720. The van der Waals surface area contributed by atoms with Gasteiger partial charge >= 0.3 is 0 Å². The highest BCUT2D eigenvalue weighted by Gasteiger charge is 2.71. The molecule has 0 bridgehead atoms. The molecule has 2 atom stereocenters. The third-order valence-corrected chi connectivity index (χ3v) is 4.84. The van der Waals surface area contributed by atoms with Crippen LogP contribution in [0.3, 0.4) is 0 Å². The van der Waals surface area contributed by atoms with Crippen LogP contribution in [0, 0.1) is 10.8 Å².